The van der Waals surface area contributed by atoms with Gasteiger partial charge in [-0.2, -0.15) is 5.10 Å². The van der Waals surface area contributed by atoms with Gasteiger partial charge in [0.05, 0.1) is 11.5 Å². The Morgan fingerprint density at radius 1 is 1.21 bits per heavy atom. The summed E-state index contributed by atoms with van der Waals surface area (Å²) in [5.74, 6) is -0.568. The van der Waals surface area contributed by atoms with E-state index in [0.717, 1.165) is 31.2 Å². The Morgan fingerprint density at radius 3 is 2.91 bits per heavy atom. The summed E-state index contributed by atoms with van der Waals surface area (Å²) in [6.45, 7) is 1.03. The van der Waals surface area contributed by atoms with E-state index >= 15 is 0 Å². The smallest absolute Gasteiger partial charge is 0.252 e. The second-order valence-corrected chi connectivity index (χ2v) is 9.61. The fourth-order valence-corrected chi connectivity index (χ4v) is 5.61. The molecule has 1 spiro atoms. The number of carbonyl (C=O) groups is 3. The van der Waals surface area contributed by atoms with E-state index in [1.807, 2.05) is 11.0 Å². The van der Waals surface area contributed by atoms with Crippen LogP contribution in [0.3, 0.4) is 0 Å². The number of fused-ring (bicyclic) bond motifs is 2. The van der Waals surface area contributed by atoms with Crippen molar-refractivity contribution in [1.82, 2.24) is 29.8 Å². The van der Waals surface area contributed by atoms with E-state index in [9.17, 15) is 14.4 Å². The molecule has 6 rings (SSSR count). The lowest BCUT2D eigenvalue weighted by Crippen LogP contribution is -2.46. The van der Waals surface area contributed by atoms with Crippen LogP contribution in [0, 0.1) is 5.41 Å². The molecule has 1 saturated carbocycles. The number of amides is 3. The third kappa shape index (κ3) is 3.49. The van der Waals surface area contributed by atoms with E-state index in [-0.39, 0.29) is 35.6 Å². The molecule has 2 aliphatic heterocycles. The standard InChI is InChI=1S/C24H25N7O3/c32-20-9-18(17-3-1-8-25-21(17)29-20)23(34)30-13-24(6-2-7-24)10-16(30)11-26-22(33)15-4-5-19-27-14-28-31(19)12-15/h1,3-5,8,12,14,16,18H,2,6-7,9-11,13H2,(H,26,33)(H,25,29,32). The molecule has 5 heterocycles. The van der Waals surface area contributed by atoms with Crippen molar-refractivity contribution in [2.24, 2.45) is 5.41 Å². The third-order valence-corrected chi connectivity index (χ3v) is 7.51. The monoisotopic (exact) mass is 459 g/mol. The number of anilines is 1. The fourth-order valence-electron chi connectivity index (χ4n) is 5.61. The van der Waals surface area contributed by atoms with Crippen molar-refractivity contribution in [3.8, 4) is 0 Å². The molecule has 2 atom stereocenters. The second kappa shape index (κ2) is 7.89. The van der Waals surface area contributed by atoms with Crippen LogP contribution in [0.4, 0.5) is 5.82 Å². The van der Waals surface area contributed by atoms with E-state index in [0.29, 0.717) is 30.1 Å². The van der Waals surface area contributed by atoms with Crippen molar-refractivity contribution in [3.05, 3.63) is 54.1 Å². The van der Waals surface area contributed by atoms with Crippen LogP contribution in [0.1, 0.15) is 53.9 Å². The maximum Gasteiger partial charge on any atom is 0.252 e. The number of rotatable bonds is 4. The quantitative estimate of drug-likeness (QED) is 0.613. The Balaban J connectivity index is 1.21. The Hall–Kier alpha value is -3.82. The van der Waals surface area contributed by atoms with Crippen LogP contribution < -0.4 is 10.6 Å². The SMILES string of the molecule is O=C1CC(C(=O)N2CC3(CCC3)CC2CNC(=O)c2ccc3ncnn3c2)c2cccnc2N1. The van der Waals surface area contributed by atoms with Gasteiger partial charge in [0.1, 0.15) is 12.1 Å². The van der Waals surface area contributed by atoms with Gasteiger partial charge < -0.3 is 15.5 Å². The summed E-state index contributed by atoms with van der Waals surface area (Å²) in [6, 6.07) is 7.00. The second-order valence-electron chi connectivity index (χ2n) is 9.61. The van der Waals surface area contributed by atoms with Crippen molar-refractivity contribution in [1.29, 1.82) is 0 Å². The molecule has 2 fully saturated rings. The van der Waals surface area contributed by atoms with Gasteiger partial charge in [-0.15, -0.1) is 0 Å². The Bertz CT molecular complexity index is 1300. The van der Waals surface area contributed by atoms with E-state index in [2.05, 4.69) is 25.7 Å². The maximum atomic E-state index is 13.8. The number of hydrogen-bond donors (Lipinski definition) is 2. The average Bonchev–Trinajstić information content (AvgIpc) is 3.46. The first kappa shape index (κ1) is 20.8. The molecule has 1 saturated heterocycles. The molecule has 174 valence electrons. The number of hydrogen-bond acceptors (Lipinski definition) is 6. The molecule has 2 N–H and O–H groups in total. The lowest BCUT2D eigenvalue weighted by molar-refractivity contribution is -0.136. The number of nitrogens with zero attached hydrogens (tertiary/aromatic N) is 5. The molecular formula is C24H25N7O3. The Kier molecular flexibility index (Phi) is 4.82. The molecule has 0 bridgehead atoms. The molecule has 3 amide bonds. The number of nitrogens with one attached hydrogen (secondary N) is 2. The summed E-state index contributed by atoms with van der Waals surface area (Å²) in [6.07, 6.45) is 9.01. The predicted molar refractivity (Wildman–Crippen MR) is 122 cm³/mol. The average molecular weight is 460 g/mol. The number of aromatic nitrogens is 4. The van der Waals surface area contributed by atoms with E-state index in [1.165, 1.54) is 6.33 Å². The first-order valence-electron chi connectivity index (χ1n) is 11.6. The van der Waals surface area contributed by atoms with Crippen LogP contribution in [0.5, 0.6) is 0 Å². The minimum Gasteiger partial charge on any atom is -0.350 e. The molecule has 34 heavy (non-hydrogen) atoms. The van der Waals surface area contributed by atoms with E-state index in [1.54, 1.807) is 35.1 Å². The van der Waals surface area contributed by atoms with E-state index < -0.39 is 5.92 Å². The summed E-state index contributed by atoms with van der Waals surface area (Å²) in [5.41, 5.74) is 2.03. The van der Waals surface area contributed by atoms with Gasteiger partial charge >= 0.3 is 0 Å². The van der Waals surface area contributed by atoms with Crippen LogP contribution in [-0.4, -0.2) is 61.3 Å². The predicted octanol–water partition coefficient (Wildman–Crippen LogP) is 1.75. The number of likely N-dealkylation sites (tertiary alicyclic amines) is 1. The Labute approximate surface area is 195 Å². The molecular weight excluding hydrogens is 434 g/mol. The Morgan fingerprint density at radius 2 is 2.09 bits per heavy atom. The van der Waals surface area contributed by atoms with Crippen molar-refractivity contribution in [3.63, 3.8) is 0 Å². The molecule has 3 aliphatic rings. The van der Waals surface area contributed by atoms with Crippen LogP contribution in [0.2, 0.25) is 0 Å². The highest BCUT2D eigenvalue weighted by molar-refractivity contribution is 6.00. The minimum absolute atomic E-state index is 0.0591. The summed E-state index contributed by atoms with van der Waals surface area (Å²) in [5, 5.41) is 9.86. The number of carbonyl (C=O) groups excluding carboxylic acids is 3. The lowest BCUT2D eigenvalue weighted by Gasteiger charge is -2.38. The van der Waals surface area contributed by atoms with Gasteiger partial charge in [-0.3, -0.25) is 14.4 Å². The van der Waals surface area contributed by atoms with Crippen LogP contribution >= 0.6 is 0 Å². The largest absolute Gasteiger partial charge is 0.350 e. The van der Waals surface area contributed by atoms with Gasteiger partial charge in [-0.05, 0) is 42.9 Å². The topological polar surface area (TPSA) is 122 Å². The summed E-state index contributed by atoms with van der Waals surface area (Å²) in [7, 11) is 0. The molecule has 2 unspecified atom stereocenters. The highest BCUT2D eigenvalue weighted by atomic mass is 16.2. The van der Waals surface area contributed by atoms with Crippen molar-refractivity contribution >= 4 is 29.2 Å². The van der Waals surface area contributed by atoms with Gasteiger partial charge in [0, 0.05) is 43.5 Å². The van der Waals surface area contributed by atoms with Crippen LogP contribution in [0.15, 0.2) is 43.0 Å². The lowest BCUT2D eigenvalue weighted by atomic mass is 9.67. The van der Waals surface area contributed by atoms with Gasteiger partial charge in [-0.1, -0.05) is 12.5 Å². The molecule has 0 radical (unpaired) electrons. The van der Waals surface area contributed by atoms with Crippen molar-refractivity contribution in [2.45, 2.75) is 44.1 Å². The third-order valence-electron chi connectivity index (χ3n) is 7.51. The highest BCUT2D eigenvalue weighted by Gasteiger charge is 2.50. The van der Waals surface area contributed by atoms with Crippen molar-refractivity contribution in [2.75, 3.05) is 18.4 Å². The zero-order valence-corrected chi connectivity index (χ0v) is 18.6. The molecule has 0 aromatic carbocycles. The molecule has 1 aliphatic carbocycles. The van der Waals surface area contributed by atoms with Gasteiger partial charge in [-0.25, -0.2) is 14.5 Å². The zero-order valence-electron chi connectivity index (χ0n) is 18.6. The summed E-state index contributed by atoms with van der Waals surface area (Å²) >= 11 is 0. The van der Waals surface area contributed by atoms with Crippen molar-refractivity contribution < 1.29 is 14.4 Å². The minimum atomic E-state index is -0.555. The molecule has 3 aromatic rings. The normalized spacial score (nSPS) is 22.8. The highest BCUT2D eigenvalue weighted by Crippen LogP contribution is 2.51. The first-order valence-corrected chi connectivity index (χ1v) is 11.6. The summed E-state index contributed by atoms with van der Waals surface area (Å²) in [4.78, 5) is 49.2. The van der Waals surface area contributed by atoms with Crippen LogP contribution in [-0.2, 0) is 9.59 Å². The number of pyridine rings is 2. The zero-order chi connectivity index (χ0) is 23.3. The first-order chi connectivity index (χ1) is 16.5. The van der Waals surface area contributed by atoms with Gasteiger partial charge in [0.2, 0.25) is 11.8 Å². The van der Waals surface area contributed by atoms with E-state index in [4.69, 9.17) is 0 Å². The molecule has 10 nitrogen and oxygen atoms in total. The van der Waals surface area contributed by atoms with Gasteiger partial charge in [0.25, 0.3) is 5.91 Å². The summed E-state index contributed by atoms with van der Waals surface area (Å²) < 4.78 is 1.56. The maximum absolute atomic E-state index is 13.8. The van der Waals surface area contributed by atoms with Gasteiger partial charge in [0.15, 0.2) is 5.65 Å². The van der Waals surface area contributed by atoms with Crippen LogP contribution in [0.25, 0.3) is 5.65 Å². The molecule has 3 aromatic heterocycles. The molecule has 10 heteroatoms. The fraction of sp³-hybridized carbons (Fsp3) is 0.417.